The van der Waals surface area contributed by atoms with Gasteiger partial charge in [-0.25, -0.2) is 4.98 Å². The minimum atomic E-state index is -0.431. The van der Waals surface area contributed by atoms with Crippen LogP contribution in [-0.4, -0.2) is 20.7 Å². The zero-order chi connectivity index (χ0) is 20.1. The van der Waals surface area contributed by atoms with Gasteiger partial charge in [0.25, 0.3) is 5.56 Å². The van der Waals surface area contributed by atoms with Crippen LogP contribution >= 0.6 is 23.4 Å². The molecule has 5 nitrogen and oxygen atoms in total. The third-order valence-corrected chi connectivity index (χ3v) is 5.63. The number of thioether (sulfide) groups is 1. The van der Waals surface area contributed by atoms with E-state index >= 15 is 0 Å². The number of anilines is 1. The first-order valence-corrected chi connectivity index (χ1v) is 10.5. The summed E-state index contributed by atoms with van der Waals surface area (Å²) < 4.78 is 1.68. The zero-order valence-corrected chi connectivity index (χ0v) is 17.4. The van der Waals surface area contributed by atoms with Crippen LogP contribution in [0.5, 0.6) is 0 Å². The number of benzene rings is 2. The normalized spacial score (nSPS) is 12.1. The maximum Gasteiger partial charge on any atom is 0.262 e. The Balaban J connectivity index is 1.87. The molecule has 0 fully saturated rings. The Morgan fingerprint density at radius 1 is 1.25 bits per heavy atom. The third kappa shape index (κ3) is 4.75. The van der Waals surface area contributed by atoms with Crippen molar-refractivity contribution < 1.29 is 4.79 Å². The molecule has 0 saturated heterocycles. The molecule has 0 aliphatic carbocycles. The topological polar surface area (TPSA) is 64.0 Å². The van der Waals surface area contributed by atoms with Crippen LogP contribution in [-0.2, 0) is 11.3 Å². The number of aromatic nitrogens is 2. The Bertz CT molecular complexity index is 1050. The summed E-state index contributed by atoms with van der Waals surface area (Å²) in [5, 5.41) is 4.14. The minimum Gasteiger partial charge on any atom is -0.325 e. The van der Waals surface area contributed by atoms with Crippen LogP contribution in [0.1, 0.15) is 26.7 Å². The Morgan fingerprint density at radius 3 is 2.79 bits per heavy atom. The molecule has 3 rings (SSSR count). The van der Waals surface area contributed by atoms with Crippen LogP contribution in [0.4, 0.5) is 5.69 Å². The first kappa shape index (κ1) is 20.4. The molecule has 0 bridgehead atoms. The highest BCUT2D eigenvalue weighted by Crippen LogP contribution is 2.24. The van der Waals surface area contributed by atoms with Gasteiger partial charge in [0.15, 0.2) is 5.16 Å². The van der Waals surface area contributed by atoms with Crippen LogP contribution in [0.15, 0.2) is 58.5 Å². The molecule has 1 heterocycles. The number of rotatable bonds is 7. The second kappa shape index (κ2) is 9.26. The molecule has 2 aromatic carbocycles. The van der Waals surface area contributed by atoms with Gasteiger partial charge in [-0.15, -0.1) is 0 Å². The van der Waals surface area contributed by atoms with Crippen LogP contribution in [0.3, 0.4) is 0 Å². The maximum atomic E-state index is 12.9. The van der Waals surface area contributed by atoms with E-state index in [0.29, 0.717) is 33.3 Å². The Morgan fingerprint density at radius 2 is 2.04 bits per heavy atom. The molecule has 1 N–H and O–H groups in total. The van der Waals surface area contributed by atoms with E-state index in [9.17, 15) is 9.59 Å². The fourth-order valence-corrected chi connectivity index (χ4v) is 3.90. The summed E-state index contributed by atoms with van der Waals surface area (Å²) in [4.78, 5) is 30.2. The van der Waals surface area contributed by atoms with Crippen LogP contribution in [0.2, 0.25) is 5.02 Å². The van der Waals surface area contributed by atoms with E-state index in [1.165, 1.54) is 11.8 Å². The van der Waals surface area contributed by atoms with Crippen LogP contribution in [0, 0.1) is 0 Å². The number of hydrogen-bond acceptors (Lipinski definition) is 4. The lowest BCUT2D eigenvalue weighted by Gasteiger charge is -2.16. The molecule has 1 atom stereocenters. The fourth-order valence-electron chi connectivity index (χ4n) is 2.77. The molecule has 0 radical (unpaired) electrons. The number of carbonyl (C=O) groups is 1. The first-order valence-electron chi connectivity index (χ1n) is 9.22. The number of nitrogens with one attached hydrogen (secondary N) is 1. The molecule has 1 amide bonds. The zero-order valence-electron chi connectivity index (χ0n) is 15.8. The summed E-state index contributed by atoms with van der Waals surface area (Å²) in [5.74, 6) is -0.170. The van der Waals surface area contributed by atoms with Gasteiger partial charge in [0.1, 0.15) is 0 Å². The number of nitrogens with zero attached hydrogens (tertiary/aromatic N) is 2. The number of amides is 1. The number of hydrogen-bond donors (Lipinski definition) is 1. The van der Waals surface area contributed by atoms with Crippen molar-refractivity contribution in [1.82, 2.24) is 9.55 Å². The standard InChI is InChI=1S/C21H22ClN3O2S/c1-3-4-12-25-20(27)17-10-5-6-11-18(17)24-21(25)28-14(2)19(26)23-16-9-7-8-15(22)13-16/h5-11,13-14H,3-4,12H2,1-2H3,(H,23,26)/t14-/m1/s1. The number of para-hydroxylation sites is 1. The highest BCUT2D eigenvalue weighted by Gasteiger charge is 2.19. The lowest BCUT2D eigenvalue weighted by Crippen LogP contribution is -2.27. The van der Waals surface area contributed by atoms with Gasteiger partial charge in [0.2, 0.25) is 5.91 Å². The summed E-state index contributed by atoms with van der Waals surface area (Å²) in [5.41, 5.74) is 1.22. The van der Waals surface area contributed by atoms with Gasteiger partial charge < -0.3 is 5.32 Å². The van der Waals surface area contributed by atoms with E-state index in [1.54, 1.807) is 41.8 Å². The van der Waals surface area contributed by atoms with Crippen molar-refractivity contribution in [2.24, 2.45) is 0 Å². The Labute approximate surface area is 173 Å². The van der Waals surface area contributed by atoms with Gasteiger partial charge in [0, 0.05) is 17.3 Å². The van der Waals surface area contributed by atoms with Gasteiger partial charge in [-0.3, -0.25) is 14.2 Å². The summed E-state index contributed by atoms with van der Waals surface area (Å²) in [6, 6.07) is 14.3. The molecular formula is C21H22ClN3O2S. The van der Waals surface area contributed by atoms with Gasteiger partial charge in [-0.2, -0.15) is 0 Å². The summed E-state index contributed by atoms with van der Waals surface area (Å²) in [7, 11) is 0. The fraction of sp³-hybridized carbons (Fsp3) is 0.286. The van der Waals surface area contributed by atoms with Gasteiger partial charge >= 0.3 is 0 Å². The van der Waals surface area contributed by atoms with E-state index in [-0.39, 0.29) is 11.5 Å². The molecule has 0 unspecified atom stereocenters. The Hall–Kier alpha value is -2.31. The van der Waals surface area contributed by atoms with Crippen molar-refractivity contribution in [3.63, 3.8) is 0 Å². The summed E-state index contributed by atoms with van der Waals surface area (Å²) in [6.45, 7) is 4.46. The molecule has 0 aliphatic rings. The minimum absolute atomic E-state index is 0.0657. The Kier molecular flexibility index (Phi) is 6.75. The SMILES string of the molecule is CCCCn1c(S[C@H](C)C(=O)Nc2cccc(Cl)c2)nc2ccccc2c1=O. The third-order valence-electron chi connectivity index (χ3n) is 4.31. The molecule has 28 heavy (non-hydrogen) atoms. The molecule has 0 saturated carbocycles. The van der Waals surface area contributed by atoms with Gasteiger partial charge in [-0.1, -0.05) is 54.9 Å². The predicted octanol–water partition coefficient (Wildman–Crippen LogP) is 4.97. The molecule has 7 heteroatoms. The molecular weight excluding hydrogens is 394 g/mol. The largest absolute Gasteiger partial charge is 0.325 e. The average Bonchev–Trinajstić information content (AvgIpc) is 2.68. The second-order valence-electron chi connectivity index (χ2n) is 6.48. The van der Waals surface area contributed by atoms with Crippen molar-refractivity contribution in [2.75, 3.05) is 5.32 Å². The lowest BCUT2D eigenvalue weighted by atomic mass is 10.2. The van der Waals surface area contributed by atoms with Gasteiger partial charge in [0.05, 0.1) is 16.2 Å². The van der Waals surface area contributed by atoms with Crippen molar-refractivity contribution in [1.29, 1.82) is 0 Å². The highest BCUT2D eigenvalue weighted by atomic mass is 35.5. The molecule has 146 valence electrons. The monoisotopic (exact) mass is 415 g/mol. The van der Waals surface area contributed by atoms with E-state index in [4.69, 9.17) is 11.6 Å². The number of carbonyl (C=O) groups excluding carboxylic acids is 1. The van der Waals surface area contributed by atoms with Crippen LogP contribution < -0.4 is 10.9 Å². The number of unbranched alkanes of at least 4 members (excludes halogenated alkanes) is 1. The van der Waals surface area contributed by atoms with Crippen LogP contribution in [0.25, 0.3) is 10.9 Å². The van der Waals surface area contributed by atoms with Gasteiger partial charge in [-0.05, 0) is 43.7 Å². The second-order valence-corrected chi connectivity index (χ2v) is 8.23. The lowest BCUT2D eigenvalue weighted by molar-refractivity contribution is -0.115. The maximum absolute atomic E-state index is 12.9. The van der Waals surface area contributed by atoms with E-state index in [2.05, 4.69) is 17.2 Å². The molecule has 0 aliphatic heterocycles. The van der Waals surface area contributed by atoms with Crippen molar-refractivity contribution in [3.8, 4) is 0 Å². The first-order chi connectivity index (χ1) is 13.5. The highest BCUT2D eigenvalue weighted by molar-refractivity contribution is 8.00. The summed E-state index contributed by atoms with van der Waals surface area (Å²) in [6.07, 6.45) is 1.84. The summed E-state index contributed by atoms with van der Waals surface area (Å²) >= 11 is 7.26. The number of fused-ring (bicyclic) bond motifs is 1. The molecule has 3 aromatic rings. The van der Waals surface area contributed by atoms with E-state index in [1.807, 2.05) is 18.2 Å². The number of halogens is 1. The van der Waals surface area contributed by atoms with E-state index < -0.39 is 5.25 Å². The van der Waals surface area contributed by atoms with E-state index in [0.717, 1.165) is 12.8 Å². The van der Waals surface area contributed by atoms with Crippen molar-refractivity contribution in [3.05, 3.63) is 63.9 Å². The quantitative estimate of drug-likeness (QED) is 0.437. The smallest absolute Gasteiger partial charge is 0.262 e. The molecule has 1 aromatic heterocycles. The van der Waals surface area contributed by atoms with Crippen molar-refractivity contribution in [2.45, 2.75) is 43.6 Å². The average molecular weight is 416 g/mol. The molecule has 0 spiro atoms. The predicted molar refractivity (Wildman–Crippen MR) is 116 cm³/mol. The van der Waals surface area contributed by atoms with Crippen molar-refractivity contribution >= 4 is 45.9 Å².